The SMILES string of the molecule is COC(=O)C1(Cc2ccccc2)CN(C)CCN1C(=O)c1ccc(C(C)(C)C)c(OC)c1. The van der Waals surface area contributed by atoms with E-state index in [9.17, 15) is 9.59 Å². The van der Waals surface area contributed by atoms with Crippen molar-refractivity contribution >= 4 is 11.9 Å². The van der Waals surface area contributed by atoms with E-state index in [2.05, 4.69) is 25.7 Å². The second-order valence-corrected chi connectivity index (χ2v) is 9.55. The van der Waals surface area contributed by atoms with Gasteiger partial charge in [-0.3, -0.25) is 4.79 Å². The number of benzene rings is 2. The molecule has 3 rings (SSSR count). The molecule has 1 aliphatic rings. The van der Waals surface area contributed by atoms with E-state index in [1.54, 1.807) is 18.1 Å². The molecule has 0 aliphatic carbocycles. The average molecular weight is 439 g/mol. The van der Waals surface area contributed by atoms with Gasteiger partial charge in [0.15, 0.2) is 5.54 Å². The average Bonchev–Trinajstić information content (AvgIpc) is 2.77. The fraction of sp³-hybridized carbons (Fsp3) is 0.462. The molecular formula is C26H34N2O4. The van der Waals surface area contributed by atoms with E-state index in [4.69, 9.17) is 9.47 Å². The Bertz CT molecular complexity index is 968. The van der Waals surface area contributed by atoms with E-state index >= 15 is 0 Å². The standard InChI is InChI=1S/C26H34N2O4/c1-25(2,3)21-13-12-20(16-22(21)31-5)23(29)28-15-14-27(4)18-26(28,24(30)32-6)17-19-10-8-7-9-11-19/h7-13,16H,14-15,17-18H2,1-6H3. The van der Waals surface area contributed by atoms with Gasteiger partial charge in [0.05, 0.1) is 14.2 Å². The minimum Gasteiger partial charge on any atom is -0.496 e. The van der Waals surface area contributed by atoms with Crippen molar-refractivity contribution in [3.05, 3.63) is 65.2 Å². The Kier molecular flexibility index (Phi) is 6.94. The lowest BCUT2D eigenvalue weighted by Gasteiger charge is -2.48. The normalized spacial score (nSPS) is 19.5. The van der Waals surface area contributed by atoms with Gasteiger partial charge in [-0.15, -0.1) is 0 Å². The van der Waals surface area contributed by atoms with Crippen LogP contribution in [0.1, 0.15) is 42.3 Å². The lowest BCUT2D eigenvalue weighted by Crippen LogP contribution is -2.68. The number of methoxy groups -OCH3 is 2. The molecule has 32 heavy (non-hydrogen) atoms. The van der Waals surface area contributed by atoms with E-state index in [1.165, 1.54) is 7.11 Å². The number of piperazine rings is 1. The van der Waals surface area contributed by atoms with Crippen LogP contribution < -0.4 is 4.74 Å². The molecule has 1 aliphatic heterocycles. The number of esters is 1. The molecule has 172 valence electrons. The molecular weight excluding hydrogens is 404 g/mol. The molecule has 0 bridgehead atoms. The molecule has 1 heterocycles. The Hall–Kier alpha value is -2.86. The summed E-state index contributed by atoms with van der Waals surface area (Å²) in [6.07, 6.45) is 0.383. The number of rotatable bonds is 5. The smallest absolute Gasteiger partial charge is 0.333 e. The Morgan fingerprint density at radius 3 is 2.31 bits per heavy atom. The lowest BCUT2D eigenvalue weighted by molar-refractivity contribution is -0.157. The van der Waals surface area contributed by atoms with Crippen LogP contribution in [0.2, 0.25) is 0 Å². The van der Waals surface area contributed by atoms with E-state index in [0.29, 0.717) is 37.4 Å². The highest BCUT2D eigenvalue weighted by atomic mass is 16.5. The number of hydrogen-bond donors (Lipinski definition) is 0. The Labute approximate surface area is 191 Å². The number of likely N-dealkylation sites (N-methyl/N-ethyl adjacent to an activating group) is 1. The third-order valence-electron chi connectivity index (χ3n) is 6.16. The van der Waals surface area contributed by atoms with Crippen molar-refractivity contribution in [3.8, 4) is 5.75 Å². The van der Waals surface area contributed by atoms with Gasteiger partial charge in [-0.05, 0) is 35.7 Å². The molecule has 6 nitrogen and oxygen atoms in total. The van der Waals surface area contributed by atoms with Gasteiger partial charge in [-0.25, -0.2) is 4.79 Å². The van der Waals surface area contributed by atoms with Gasteiger partial charge in [-0.1, -0.05) is 57.2 Å². The Balaban J connectivity index is 2.06. The fourth-order valence-electron chi connectivity index (χ4n) is 4.51. The largest absolute Gasteiger partial charge is 0.496 e. The minimum atomic E-state index is -1.11. The summed E-state index contributed by atoms with van der Waals surface area (Å²) < 4.78 is 10.9. The molecule has 1 atom stereocenters. The van der Waals surface area contributed by atoms with Gasteiger partial charge in [0.2, 0.25) is 0 Å². The molecule has 0 spiro atoms. The van der Waals surface area contributed by atoms with Crippen LogP contribution in [0, 0.1) is 0 Å². The van der Waals surface area contributed by atoms with Crippen LogP contribution in [0.3, 0.4) is 0 Å². The van der Waals surface area contributed by atoms with Gasteiger partial charge in [0.25, 0.3) is 5.91 Å². The lowest BCUT2D eigenvalue weighted by atomic mass is 9.84. The van der Waals surface area contributed by atoms with Crippen molar-refractivity contribution in [1.29, 1.82) is 0 Å². The summed E-state index contributed by atoms with van der Waals surface area (Å²) in [7, 11) is 4.96. The number of carbonyl (C=O) groups is 2. The molecule has 0 saturated carbocycles. The van der Waals surface area contributed by atoms with E-state index in [-0.39, 0.29) is 11.3 Å². The molecule has 1 saturated heterocycles. The molecule has 0 radical (unpaired) electrons. The monoisotopic (exact) mass is 438 g/mol. The first kappa shape index (κ1) is 23.8. The highest BCUT2D eigenvalue weighted by Crippen LogP contribution is 2.34. The first-order valence-corrected chi connectivity index (χ1v) is 10.9. The van der Waals surface area contributed by atoms with Gasteiger partial charge in [-0.2, -0.15) is 0 Å². The maximum absolute atomic E-state index is 13.8. The van der Waals surface area contributed by atoms with Gasteiger partial charge < -0.3 is 19.3 Å². The zero-order chi connectivity index (χ0) is 23.5. The summed E-state index contributed by atoms with van der Waals surface area (Å²) in [5.74, 6) is 0.0712. The maximum Gasteiger partial charge on any atom is 0.333 e. The number of carbonyl (C=O) groups excluding carboxylic acids is 2. The summed E-state index contributed by atoms with van der Waals surface area (Å²) in [5, 5.41) is 0. The summed E-state index contributed by atoms with van der Waals surface area (Å²) in [5.41, 5.74) is 1.27. The van der Waals surface area contributed by atoms with Crippen LogP contribution in [0.5, 0.6) is 5.75 Å². The third kappa shape index (κ3) is 4.65. The van der Waals surface area contributed by atoms with Crippen molar-refractivity contribution < 1.29 is 19.1 Å². The zero-order valence-electron chi connectivity index (χ0n) is 20.0. The maximum atomic E-state index is 13.8. The first-order chi connectivity index (χ1) is 15.1. The fourth-order valence-corrected chi connectivity index (χ4v) is 4.51. The number of hydrogen-bond acceptors (Lipinski definition) is 5. The second-order valence-electron chi connectivity index (χ2n) is 9.55. The molecule has 1 unspecified atom stereocenters. The summed E-state index contributed by atoms with van der Waals surface area (Å²) in [4.78, 5) is 30.8. The zero-order valence-corrected chi connectivity index (χ0v) is 20.0. The number of amides is 1. The highest BCUT2D eigenvalue weighted by Gasteiger charge is 2.50. The van der Waals surface area contributed by atoms with Crippen LogP contribution in [-0.4, -0.2) is 68.1 Å². The number of ether oxygens (including phenoxy) is 2. The second kappa shape index (κ2) is 9.33. The van der Waals surface area contributed by atoms with Crippen molar-refractivity contribution in [2.24, 2.45) is 0 Å². The van der Waals surface area contributed by atoms with Crippen molar-refractivity contribution in [2.45, 2.75) is 38.1 Å². The van der Waals surface area contributed by atoms with E-state index < -0.39 is 11.5 Å². The Morgan fingerprint density at radius 1 is 1.03 bits per heavy atom. The van der Waals surface area contributed by atoms with Crippen LogP contribution >= 0.6 is 0 Å². The molecule has 2 aromatic carbocycles. The third-order valence-corrected chi connectivity index (χ3v) is 6.16. The molecule has 6 heteroatoms. The van der Waals surface area contributed by atoms with E-state index in [1.807, 2.05) is 49.5 Å². The molecule has 1 amide bonds. The predicted octanol–water partition coefficient (Wildman–Crippen LogP) is 3.53. The van der Waals surface area contributed by atoms with Crippen LogP contribution in [0.25, 0.3) is 0 Å². The summed E-state index contributed by atoms with van der Waals surface area (Å²) in [6.45, 7) is 7.83. The van der Waals surface area contributed by atoms with Gasteiger partial charge in [0, 0.05) is 31.6 Å². The Morgan fingerprint density at radius 2 is 1.72 bits per heavy atom. The van der Waals surface area contributed by atoms with Gasteiger partial charge >= 0.3 is 5.97 Å². The number of nitrogens with zero attached hydrogens (tertiary/aromatic N) is 2. The van der Waals surface area contributed by atoms with E-state index in [0.717, 1.165) is 11.1 Å². The van der Waals surface area contributed by atoms with Crippen LogP contribution in [0.4, 0.5) is 0 Å². The minimum absolute atomic E-state index is 0.121. The quantitative estimate of drug-likeness (QED) is 0.669. The molecule has 0 aromatic heterocycles. The molecule has 0 N–H and O–H groups in total. The summed E-state index contributed by atoms with van der Waals surface area (Å²) in [6, 6.07) is 15.3. The van der Waals surface area contributed by atoms with Crippen molar-refractivity contribution in [1.82, 2.24) is 9.80 Å². The van der Waals surface area contributed by atoms with Gasteiger partial charge in [0.1, 0.15) is 5.75 Å². The predicted molar refractivity (Wildman–Crippen MR) is 125 cm³/mol. The molecule has 2 aromatic rings. The highest BCUT2D eigenvalue weighted by molar-refractivity contribution is 5.99. The van der Waals surface area contributed by atoms with Crippen LogP contribution in [0.15, 0.2) is 48.5 Å². The summed E-state index contributed by atoms with van der Waals surface area (Å²) >= 11 is 0. The first-order valence-electron chi connectivity index (χ1n) is 10.9. The topological polar surface area (TPSA) is 59.1 Å². The van der Waals surface area contributed by atoms with Crippen molar-refractivity contribution in [3.63, 3.8) is 0 Å². The van der Waals surface area contributed by atoms with Crippen molar-refractivity contribution in [2.75, 3.05) is 40.9 Å². The molecule has 1 fully saturated rings. The van der Waals surface area contributed by atoms with Crippen LogP contribution in [-0.2, 0) is 21.4 Å².